The van der Waals surface area contributed by atoms with Crippen LogP contribution in [-0.2, 0) is 17.8 Å². The summed E-state index contributed by atoms with van der Waals surface area (Å²) in [5.74, 6) is 1.54. The highest BCUT2D eigenvalue weighted by Gasteiger charge is 2.29. The van der Waals surface area contributed by atoms with Crippen LogP contribution in [-0.4, -0.2) is 65.8 Å². The van der Waals surface area contributed by atoms with Crippen molar-refractivity contribution in [1.82, 2.24) is 14.4 Å². The van der Waals surface area contributed by atoms with Crippen LogP contribution in [0.3, 0.4) is 0 Å². The zero-order valence-corrected chi connectivity index (χ0v) is 24.0. The lowest BCUT2D eigenvalue weighted by molar-refractivity contribution is -0.124. The van der Waals surface area contributed by atoms with Crippen molar-refractivity contribution in [3.05, 3.63) is 65.1 Å². The number of amides is 2. The van der Waals surface area contributed by atoms with Crippen molar-refractivity contribution >= 4 is 28.5 Å². The zero-order chi connectivity index (χ0) is 29.4. The molecule has 1 aliphatic heterocycles. The van der Waals surface area contributed by atoms with Gasteiger partial charge in [-0.2, -0.15) is 0 Å². The Labute approximate surface area is 235 Å². The van der Waals surface area contributed by atoms with Gasteiger partial charge in [-0.25, -0.2) is 4.39 Å². The SMILES string of the molecule is C#CC.CCOc1cc2c(cc1C(=O)N1CCC(Cc3ccc(F)cc3)CC1)c(C(=O)C(=O)N(C)C)cn2CC. The Morgan fingerprint density at radius 3 is 2.25 bits per heavy atom. The second kappa shape index (κ2) is 13.8. The molecule has 0 atom stereocenters. The number of nitrogens with zero attached hydrogens (tertiary/aromatic N) is 3. The van der Waals surface area contributed by atoms with Crippen molar-refractivity contribution in [3.63, 3.8) is 0 Å². The van der Waals surface area contributed by atoms with Gasteiger partial charge in [0.25, 0.3) is 17.6 Å². The summed E-state index contributed by atoms with van der Waals surface area (Å²) in [5.41, 5.74) is 2.52. The normalized spacial score (nSPS) is 13.3. The van der Waals surface area contributed by atoms with Crippen LogP contribution in [0.15, 0.2) is 42.6 Å². The van der Waals surface area contributed by atoms with Crippen LogP contribution < -0.4 is 4.74 Å². The van der Waals surface area contributed by atoms with Crippen molar-refractivity contribution in [2.75, 3.05) is 33.8 Å². The number of aryl methyl sites for hydroxylation is 1. The summed E-state index contributed by atoms with van der Waals surface area (Å²) < 4.78 is 21.0. The fourth-order valence-corrected chi connectivity index (χ4v) is 4.98. The fraction of sp³-hybridized carbons (Fsp3) is 0.406. The Hall–Kier alpha value is -4.12. The first-order valence-corrected chi connectivity index (χ1v) is 13.6. The molecule has 4 rings (SSSR count). The number of hydrogen-bond acceptors (Lipinski definition) is 4. The molecule has 212 valence electrons. The van der Waals surface area contributed by atoms with Gasteiger partial charge in [0.1, 0.15) is 11.6 Å². The second-order valence-corrected chi connectivity index (χ2v) is 10.0. The first-order valence-electron chi connectivity index (χ1n) is 13.6. The maximum Gasteiger partial charge on any atom is 0.294 e. The largest absolute Gasteiger partial charge is 0.493 e. The third-order valence-corrected chi connectivity index (χ3v) is 7.04. The third-order valence-electron chi connectivity index (χ3n) is 7.04. The van der Waals surface area contributed by atoms with Gasteiger partial charge in [0.2, 0.25) is 0 Å². The Bertz CT molecular complexity index is 1390. The van der Waals surface area contributed by atoms with Crippen molar-refractivity contribution in [2.45, 2.75) is 46.6 Å². The molecule has 0 spiro atoms. The van der Waals surface area contributed by atoms with Crippen LogP contribution in [0, 0.1) is 24.1 Å². The molecular weight excluding hydrogens is 509 g/mol. The van der Waals surface area contributed by atoms with Gasteiger partial charge in [-0.15, -0.1) is 12.3 Å². The quantitative estimate of drug-likeness (QED) is 0.221. The van der Waals surface area contributed by atoms with Crippen LogP contribution in [0.1, 0.15) is 59.9 Å². The second-order valence-electron chi connectivity index (χ2n) is 10.0. The summed E-state index contributed by atoms with van der Waals surface area (Å²) in [6.07, 6.45) is 8.83. The topological polar surface area (TPSA) is 71.8 Å². The van der Waals surface area contributed by atoms with Crippen LogP contribution in [0.5, 0.6) is 5.75 Å². The van der Waals surface area contributed by atoms with E-state index < -0.39 is 11.7 Å². The number of terminal acetylenes is 1. The average molecular weight is 548 g/mol. The van der Waals surface area contributed by atoms with E-state index >= 15 is 0 Å². The van der Waals surface area contributed by atoms with Crippen molar-refractivity contribution in [3.8, 4) is 18.1 Å². The maximum atomic E-state index is 13.7. The lowest BCUT2D eigenvalue weighted by Gasteiger charge is -2.32. The van der Waals surface area contributed by atoms with Crippen molar-refractivity contribution in [2.24, 2.45) is 5.92 Å². The van der Waals surface area contributed by atoms with Gasteiger partial charge in [0, 0.05) is 51.4 Å². The molecule has 1 fully saturated rings. The highest BCUT2D eigenvalue weighted by Crippen LogP contribution is 2.33. The molecule has 40 heavy (non-hydrogen) atoms. The van der Waals surface area contributed by atoms with E-state index in [2.05, 4.69) is 12.3 Å². The summed E-state index contributed by atoms with van der Waals surface area (Å²) >= 11 is 0. The molecule has 1 aromatic heterocycles. The van der Waals surface area contributed by atoms with Crippen molar-refractivity contribution < 1.29 is 23.5 Å². The van der Waals surface area contributed by atoms with Gasteiger partial charge < -0.3 is 19.1 Å². The standard InChI is InChI=1S/C29H34FN3O4.C3H4/c1-5-32-18-24(27(34)29(36)31(3)4)22-16-23(26(37-6-2)17-25(22)32)28(35)33-13-11-20(12-14-33)15-19-7-9-21(30)10-8-19;1-3-2/h7-10,16-18,20H,5-6,11-15H2,1-4H3;1H,2H3. The lowest BCUT2D eigenvalue weighted by atomic mass is 9.90. The van der Waals surface area contributed by atoms with E-state index in [1.54, 1.807) is 39.3 Å². The molecule has 2 amide bonds. The monoisotopic (exact) mass is 547 g/mol. The molecule has 8 heteroatoms. The molecule has 0 radical (unpaired) electrons. The third kappa shape index (κ3) is 6.90. The van der Waals surface area contributed by atoms with E-state index in [4.69, 9.17) is 4.74 Å². The smallest absolute Gasteiger partial charge is 0.294 e. The molecule has 0 saturated carbocycles. The van der Waals surface area contributed by atoms with E-state index in [1.165, 1.54) is 17.0 Å². The van der Waals surface area contributed by atoms with Crippen molar-refractivity contribution in [1.29, 1.82) is 0 Å². The molecular formula is C32H38FN3O4. The van der Waals surface area contributed by atoms with Gasteiger partial charge in [-0.1, -0.05) is 12.1 Å². The molecule has 3 aromatic rings. The van der Waals surface area contributed by atoms with Crippen LogP contribution in [0.4, 0.5) is 4.39 Å². The number of piperidine rings is 1. The summed E-state index contributed by atoms with van der Waals surface area (Å²) in [6.45, 7) is 7.67. The van der Waals surface area contributed by atoms with E-state index in [9.17, 15) is 18.8 Å². The predicted octanol–water partition coefficient (Wildman–Crippen LogP) is 5.20. The van der Waals surface area contributed by atoms with E-state index in [-0.39, 0.29) is 17.3 Å². The van der Waals surface area contributed by atoms with Gasteiger partial charge in [0.05, 0.1) is 23.3 Å². The summed E-state index contributed by atoms with van der Waals surface area (Å²) in [6, 6.07) is 10.1. The molecule has 0 aliphatic carbocycles. The number of benzene rings is 2. The van der Waals surface area contributed by atoms with E-state index in [0.29, 0.717) is 48.9 Å². The zero-order valence-electron chi connectivity index (χ0n) is 24.0. The molecule has 7 nitrogen and oxygen atoms in total. The summed E-state index contributed by atoms with van der Waals surface area (Å²) in [4.78, 5) is 42.2. The van der Waals surface area contributed by atoms with E-state index in [0.717, 1.165) is 30.3 Å². The highest BCUT2D eigenvalue weighted by atomic mass is 19.1. The Balaban J connectivity index is 0.00000141. The van der Waals surface area contributed by atoms with Crippen LogP contribution in [0.2, 0.25) is 0 Å². The number of aromatic nitrogens is 1. The lowest BCUT2D eigenvalue weighted by Crippen LogP contribution is -2.39. The number of halogens is 1. The minimum absolute atomic E-state index is 0.146. The molecule has 2 aromatic carbocycles. The number of ether oxygens (including phenoxy) is 1. The van der Waals surface area contributed by atoms with Crippen LogP contribution >= 0.6 is 0 Å². The molecule has 0 unspecified atom stereocenters. The number of Topliss-reactive ketones (excluding diaryl/α,β-unsaturated/α-hetero) is 1. The van der Waals surface area contributed by atoms with Gasteiger partial charge in [-0.05, 0) is 69.7 Å². The van der Waals surface area contributed by atoms with Gasteiger partial charge in [-0.3, -0.25) is 14.4 Å². The number of rotatable bonds is 8. The minimum atomic E-state index is -0.611. The Morgan fingerprint density at radius 1 is 1.07 bits per heavy atom. The average Bonchev–Trinajstić information content (AvgIpc) is 3.31. The molecule has 0 N–H and O–H groups in total. The molecule has 2 heterocycles. The number of likely N-dealkylation sites (N-methyl/N-ethyl adjacent to an activating group) is 1. The van der Waals surface area contributed by atoms with Gasteiger partial charge in [0.15, 0.2) is 0 Å². The fourth-order valence-electron chi connectivity index (χ4n) is 4.98. The van der Waals surface area contributed by atoms with Gasteiger partial charge >= 0.3 is 0 Å². The minimum Gasteiger partial charge on any atom is -0.493 e. The first-order chi connectivity index (χ1) is 19.1. The Morgan fingerprint density at radius 2 is 1.70 bits per heavy atom. The predicted molar refractivity (Wildman–Crippen MR) is 155 cm³/mol. The maximum absolute atomic E-state index is 13.7. The summed E-state index contributed by atoms with van der Waals surface area (Å²) in [7, 11) is 3.09. The number of carbonyl (C=O) groups excluding carboxylic acids is 3. The van der Waals surface area contributed by atoms with Crippen LogP contribution in [0.25, 0.3) is 10.9 Å². The number of carbonyl (C=O) groups is 3. The highest BCUT2D eigenvalue weighted by molar-refractivity contribution is 6.44. The number of ketones is 1. The Kier molecular flexibility index (Phi) is 10.5. The summed E-state index contributed by atoms with van der Waals surface area (Å²) in [5, 5.41) is 0.569. The molecule has 1 saturated heterocycles. The number of likely N-dealkylation sites (tertiary alicyclic amines) is 1. The molecule has 1 aliphatic rings. The number of hydrogen-bond donors (Lipinski definition) is 0. The molecule has 0 bridgehead atoms. The first kappa shape index (κ1) is 30.4. The number of fused-ring (bicyclic) bond motifs is 1. The van der Waals surface area contributed by atoms with E-state index in [1.807, 2.05) is 35.4 Å².